The highest BCUT2D eigenvalue weighted by Crippen LogP contribution is 2.39. The molecule has 3 heterocycles. The van der Waals surface area contributed by atoms with Crippen molar-refractivity contribution in [2.75, 3.05) is 29.9 Å². The van der Waals surface area contributed by atoms with Gasteiger partial charge >= 0.3 is 0 Å². The molecule has 0 spiro atoms. The van der Waals surface area contributed by atoms with Crippen LogP contribution in [0.4, 0.5) is 17.1 Å². The molecule has 1 aromatic carbocycles. The number of carbonyl (C=O) groups excluding carboxylic acids is 2. The minimum atomic E-state index is -0.246. The minimum absolute atomic E-state index is 0.0341. The van der Waals surface area contributed by atoms with E-state index >= 15 is 0 Å². The van der Waals surface area contributed by atoms with Gasteiger partial charge < -0.3 is 5.32 Å². The van der Waals surface area contributed by atoms with E-state index in [1.807, 2.05) is 31.2 Å². The number of piperidine rings is 1. The van der Waals surface area contributed by atoms with Crippen LogP contribution in [-0.4, -0.2) is 46.1 Å². The molecule has 0 aliphatic carbocycles. The summed E-state index contributed by atoms with van der Waals surface area (Å²) >= 11 is 0. The predicted octanol–water partition coefficient (Wildman–Crippen LogP) is 2.44. The van der Waals surface area contributed by atoms with E-state index in [0.29, 0.717) is 35.0 Å². The van der Waals surface area contributed by atoms with Gasteiger partial charge in [0, 0.05) is 7.05 Å². The number of rotatable bonds is 2. The summed E-state index contributed by atoms with van der Waals surface area (Å²) in [5.41, 5.74) is 2.99. The first-order valence-electron chi connectivity index (χ1n) is 9.05. The summed E-state index contributed by atoms with van der Waals surface area (Å²) in [4.78, 5) is 29.9. The quantitative estimate of drug-likeness (QED) is 0.900. The van der Waals surface area contributed by atoms with Gasteiger partial charge in [-0.1, -0.05) is 18.6 Å². The SMILES string of the molecule is Cc1nn(C)c2c1N(C(=O)CN1CCCCC1)c1ccccc1NC2=O. The number of amides is 2. The Bertz CT molecular complexity index is 867. The van der Waals surface area contributed by atoms with Crippen molar-refractivity contribution >= 4 is 28.9 Å². The first-order chi connectivity index (χ1) is 12.6. The average Bonchev–Trinajstić information content (AvgIpc) is 2.83. The number of hydrogen-bond donors (Lipinski definition) is 1. The number of anilines is 3. The molecule has 0 unspecified atom stereocenters. The van der Waals surface area contributed by atoms with Gasteiger partial charge in [-0.15, -0.1) is 0 Å². The number of carbonyl (C=O) groups is 2. The third-order valence-corrected chi connectivity index (χ3v) is 5.08. The lowest BCUT2D eigenvalue weighted by atomic mass is 10.1. The molecule has 0 radical (unpaired) electrons. The number of para-hydroxylation sites is 2. The van der Waals surface area contributed by atoms with Crippen LogP contribution in [0.25, 0.3) is 0 Å². The molecule has 7 heteroatoms. The molecule has 0 saturated carbocycles. The summed E-state index contributed by atoms with van der Waals surface area (Å²) in [6.45, 7) is 4.06. The number of likely N-dealkylation sites (tertiary alicyclic amines) is 1. The maximum absolute atomic E-state index is 13.3. The van der Waals surface area contributed by atoms with Crippen molar-refractivity contribution in [2.45, 2.75) is 26.2 Å². The molecule has 1 saturated heterocycles. The van der Waals surface area contributed by atoms with Gasteiger partial charge in [-0.3, -0.25) is 24.1 Å². The summed E-state index contributed by atoms with van der Waals surface area (Å²) in [7, 11) is 1.73. The second-order valence-electron chi connectivity index (χ2n) is 6.94. The standard InChI is InChI=1S/C19H23N5O2/c1-13-17-18(22(2)21-13)19(26)20-14-8-4-5-9-15(14)24(17)16(25)12-23-10-6-3-7-11-23/h4-5,8-9H,3,6-7,10-12H2,1-2H3,(H,20,26). The summed E-state index contributed by atoms with van der Waals surface area (Å²) in [6.07, 6.45) is 3.48. The molecule has 0 atom stereocenters. The fourth-order valence-electron chi connectivity index (χ4n) is 3.88. The zero-order valence-corrected chi connectivity index (χ0v) is 15.2. The number of aromatic nitrogens is 2. The smallest absolute Gasteiger partial charge is 0.276 e. The van der Waals surface area contributed by atoms with Crippen LogP contribution in [0.2, 0.25) is 0 Å². The van der Waals surface area contributed by atoms with E-state index in [2.05, 4.69) is 15.3 Å². The number of nitrogens with one attached hydrogen (secondary N) is 1. The molecule has 7 nitrogen and oxygen atoms in total. The lowest BCUT2D eigenvalue weighted by Gasteiger charge is -2.29. The number of benzene rings is 1. The third-order valence-electron chi connectivity index (χ3n) is 5.08. The minimum Gasteiger partial charge on any atom is -0.319 e. The molecule has 136 valence electrons. The summed E-state index contributed by atoms with van der Waals surface area (Å²) < 4.78 is 1.55. The Morgan fingerprint density at radius 2 is 1.92 bits per heavy atom. The summed E-state index contributed by atoms with van der Waals surface area (Å²) in [5.74, 6) is -0.281. The molecule has 2 amide bonds. The van der Waals surface area contributed by atoms with Gasteiger partial charge in [0.2, 0.25) is 5.91 Å². The largest absolute Gasteiger partial charge is 0.319 e. The van der Waals surface area contributed by atoms with Crippen molar-refractivity contribution in [3.8, 4) is 0 Å². The van der Waals surface area contributed by atoms with Crippen LogP contribution >= 0.6 is 0 Å². The molecule has 4 rings (SSSR count). The monoisotopic (exact) mass is 353 g/mol. The topological polar surface area (TPSA) is 70.5 Å². The van der Waals surface area contributed by atoms with E-state index in [0.717, 1.165) is 25.9 Å². The molecule has 1 fully saturated rings. The Hall–Kier alpha value is -2.67. The van der Waals surface area contributed by atoms with Crippen LogP contribution in [0.3, 0.4) is 0 Å². The highest BCUT2D eigenvalue weighted by molar-refractivity contribution is 6.17. The van der Waals surface area contributed by atoms with Crippen LogP contribution in [0, 0.1) is 6.92 Å². The maximum atomic E-state index is 13.3. The fraction of sp³-hybridized carbons (Fsp3) is 0.421. The zero-order chi connectivity index (χ0) is 18.3. The molecule has 26 heavy (non-hydrogen) atoms. The number of fused-ring (bicyclic) bond motifs is 2. The third kappa shape index (κ3) is 2.78. The Kier molecular flexibility index (Phi) is 4.24. The van der Waals surface area contributed by atoms with Gasteiger partial charge in [0.05, 0.1) is 23.6 Å². The van der Waals surface area contributed by atoms with E-state index < -0.39 is 0 Å². The summed E-state index contributed by atoms with van der Waals surface area (Å²) in [6, 6.07) is 7.42. The van der Waals surface area contributed by atoms with Crippen molar-refractivity contribution in [3.05, 3.63) is 35.7 Å². The molecule has 1 N–H and O–H groups in total. The van der Waals surface area contributed by atoms with E-state index in [9.17, 15) is 9.59 Å². The van der Waals surface area contributed by atoms with Crippen molar-refractivity contribution in [1.29, 1.82) is 0 Å². The Labute approximate surface area is 152 Å². The Morgan fingerprint density at radius 1 is 1.19 bits per heavy atom. The molecule has 2 aliphatic rings. The van der Waals surface area contributed by atoms with Crippen molar-refractivity contribution in [3.63, 3.8) is 0 Å². The highest BCUT2D eigenvalue weighted by Gasteiger charge is 2.34. The first-order valence-corrected chi connectivity index (χ1v) is 9.05. The number of hydrogen-bond acceptors (Lipinski definition) is 4. The van der Waals surface area contributed by atoms with Crippen molar-refractivity contribution in [1.82, 2.24) is 14.7 Å². The molecule has 2 aromatic rings. The highest BCUT2D eigenvalue weighted by atomic mass is 16.2. The van der Waals surface area contributed by atoms with Crippen LogP contribution < -0.4 is 10.2 Å². The van der Waals surface area contributed by atoms with Crippen molar-refractivity contribution < 1.29 is 9.59 Å². The number of nitrogens with zero attached hydrogens (tertiary/aromatic N) is 4. The second kappa shape index (κ2) is 6.57. The average molecular weight is 353 g/mol. The first kappa shape index (κ1) is 16.8. The molecule has 2 aliphatic heterocycles. The van der Waals surface area contributed by atoms with Gasteiger partial charge in [-0.25, -0.2) is 0 Å². The molecule has 1 aromatic heterocycles. The van der Waals surface area contributed by atoms with Gasteiger partial charge in [0.15, 0.2) is 5.69 Å². The van der Waals surface area contributed by atoms with Gasteiger partial charge in [-0.2, -0.15) is 5.10 Å². The molecular weight excluding hydrogens is 330 g/mol. The Balaban J connectivity index is 1.80. The molecular formula is C19H23N5O2. The van der Waals surface area contributed by atoms with E-state index in [4.69, 9.17) is 0 Å². The van der Waals surface area contributed by atoms with E-state index in [1.165, 1.54) is 6.42 Å². The van der Waals surface area contributed by atoms with Gasteiger partial charge in [0.25, 0.3) is 5.91 Å². The normalized spacial score (nSPS) is 17.3. The van der Waals surface area contributed by atoms with Gasteiger partial charge in [-0.05, 0) is 45.0 Å². The lowest BCUT2D eigenvalue weighted by molar-refractivity contribution is -0.119. The number of aryl methyl sites for hydroxylation is 2. The van der Waals surface area contributed by atoms with Crippen LogP contribution in [0.1, 0.15) is 35.4 Å². The van der Waals surface area contributed by atoms with Crippen LogP contribution in [0.5, 0.6) is 0 Å². The fourth-order valence-corrected chi connectivity index (χ4v) is 3.88. The zero-order valence-electron chi connectivity index (χ0n) is 15.2. The van der Waals surface area contributed by atoms with Gasteiger partial charge in [0.1, 0.15) is 5.69 Å². The van der Waals surface area contributed by atoms with Crippen molar-refractivity contribution in [2.24, 2.45) is 7.05 Å². The van der Waals surface area contributed by atoms with Crippen LogP contribution in [-0.2, 0) is 11.8 Å². The lowest BCUT2D eigenvalue weighted by Crippen LogP contribution is -2.40. The van der Waals surface area contributed by atoms with Crippen LogP contribution in [0.15, 0.2) is 24.3 Å². The maximum Gasteiger partial charge on any atom is 0.276 e. The van der Waals surface area contributed by atoms with E-state index in [-0.39, 0.29) is 11.8 Å². The second-order valence-corrected chi connectivity index (χ2v) is 6.94. The van der Waals surface area contributed by atoms with E-state index in [1.54, 1.807) is 16.6 Å². The Morgan fingerprint density at radius 3 is 2.69 bits per heavy atom. The summed E-state index contributed by atoms with van der Waals surface area (Å²) in [5, 5.41) is 7.30. The molecule has 0 bridgehead atoms. The predicted molar refractivity (Wildman–Crippen MR) is 99.8 cm³/mol.